The molecule has 1 unspecified atom stereocenters. The molecule has 1 aromatic heterocycles. The van der Waals surface area contributed by atoms with Crippen molar-refractivity contribution in [3.8, 4) is 0 Å². The first kappa shape index (κ1) is 13.6. The number of thiophene rings is 1. The van der Waals surface area contributed by atoms with Crippen molar-refractivity contribution in [3.05, 3.63) is 29.2 Å². The van der Waals surface area contributed by atoms with Crippen LogP contribution in [0, 0.1) is 5.92 Å². The summed E-state index contributed by atoms with van der Waals surface area (Å²) in [6, 6.07) is 1.13. The van der Waals surface area contributed by atoms with Crippen LogP contribution >= 0.6 is 11.3 Å². The lowest BCUT2D eigenvalue weighted by atomic mass is 9.94. The van der Waals surface area contributed by atoms with Gasteiger partial charge in [-0.25, -0.2) is 9.59 Å². The number of carbonyl (C=O) groups excluding carboxylic acids is 1. The average Bonchev–Trinajstić information content (AvgIpc) is 2.86. The van der Waals surface area contributed by atoms with E-state index in [1.165, 1.54) is 17.4 Å². The number of anilines is 1. The number of aromatic carboxylic acids is 1. The monoisotopic (exact) mass is 280 g/mol. The van der Waals surface area contributed by atoms with E-state index in [0.29, 0.717) is 17.5 Å². The number of carbonyl (C=O) groups is 2. The van der Waals surface area contributed by atoms with Crippen LogP contribution in [0.15, 0.2) is 23.6 Å². The van der Waals surface area contributed by atoms with Gasteiger partial charge >= 0.3 is 12.0 Å². The maximum Gasteiger partial charge on any atom is 0.338 e. The predicted octanol–water partition coefficient (Wildman–Crippen LogP) is 2.92. The molecule has 19 heavy (non-hydrogen) atoms. The highest BCUT2D eigenvalue weighted by molar-refractivity contribution is 7.14. The first-order valence-corrected chi connectivity index (χ1v) is 7.05. The Kier molecular flexibility index (Phi) is 4.57. The molecule has 1 heterocycles. The molecule has 0 fully saturated rings. The lowest BCUT2D eigenvalue weighted by Crippen LogP contribution is -2.33. The van der Waals surface area contributed by atoms with Gasteiger partial charge < -0.3 is 10.4 Å². The van der Waals surface area contributed by atoms with Crippen molar-refractivity contribution in [1.82, 2.24) is 5.32 Å². The number of allylic oxidation sites excluding steroid dienone is 2. The summed E-state index contributed by atoms with van der Waals surface area (Å²) in [5.74, 6) is -0.563. The average molecular weight is 280 g/mol. The van der Waals surface area contributed by atoms with E-state index in [1.54, 1.807) is 5.38 Å². The number of urea groups is 1. The second-order valence-electron chi connectivity index (χ2n) is 4.45. The predicted molar refractivity (Wildman–Crippen MR) is 74.8 cm³/mol. The van der Waals surface area contributed by atoms with E-state index in [2.05, 4.69) is 22.8 Å². The molecule has 1 aliphatic rings. The molecule has 0 saturated heterocycles. The van der Waals surface area contributed by atoms with Crippen molar-refractivity contribution in [3.63, 3.8) is 0 Å². The molecule has 102 valence electrons. The Labute approximate surface area is 115 Å². The maximum absolute atomic E-state index is 11.7. The van der Waals surface area contributed by atoms with Gasteiger partial charge in [0, 0.05) is 6.54 Å². The molecule has 0 saturated carbocycles. The van der Waals surface area contributed by atoms with Gasteiger partial charge in [0.1, 0.15) is 5.00 Å². The largest absolute Gasteiger partial charge is 0.478 e. The highest BCUT2D eigenvalue weighted by atomic mass is 32.1. The van der Waals surface area contributed by atoms with Crippen LogP contribution in [0.3, 0.4) is 0 Å². The van der Waals surface area contributed by atoms with Crippen LogP contribution in [0.1, 0.15) is 29.6 Å². The minimum Gasteiger partial charge on any atom is -0.478 e. The van der Waals surface area contributed by atoms with Gasteiger partial charge in [0.15, 0.2) is 0 Å². The van der Waals surface area contributed by atoms with E-state index < -0.39 is 5.97 Å². The van der Waals surface area contributed by atoms with Gasteiger partial charge in [0.2, 0.25) is 0 Å². The summed E-state index contributed by atoms with van der Waals surface area (Å²) in [7, 11) is 0. The smallest absolute Gasteiger partial charge is 0.338 e. The van der Waals surface area contributed by atoms with Gasteiger partial charge in [-0.05, 0) is 36.6 Å². The molecule has 1 aliphatic carbocycles. The summed E-state index contributed by atoms with van der Waals surface area (Å²) >= 11 is 1.20. The fourth-order valence-electron chi connectivity index (χ4n) is 2.00. The topological polar surface area (TPSA) is 78.4 Å². The minimum absolute atomic E-state index is 0.126. The van der Waals surface area contributed by atoms with Gasteiger partial charge in [-0.2, -0.15) is 0 Å². The molecule has 2 rings (SSSR count). The molecule has 0 bridgehead atoms. The van der Waals surface area contributed by atoms with Crippen LogP contribution in [0.5, 0.6) is 0 Å². The van der Waals surface area contributed by atoms with Crippen molar-refractivity contribution in [1.29, 1.82) is 0 Å². The SMILES string of the molecule is O=C(NCC1CC=CCC1)Nc1sccc1C(=O)O. The summed E-state index contributed by atoms with van der Waals surface area (Å²) in [5.41, 5.74) is 0.126. The van der Waals surface area contributed by atoms with Crippen molar-refractivity contribution >= 4 is 28.3 Å². The normalized spacial score (nSPS) is 18.0. The standard InChI is InChI=1S/C13H16N2O3S/c16-12(17)10-6-7-19-11(10)15-13(18)14-8-9-4-2-1-3-5-9/h1-2,6-7,9H,3-5,8H2,(H,16,17)(H2,14,15,18). The molecule has 0 radical (unpaired) electrons. The van der Waals surface area contributed by atoms with Crippen LogP contribution in [0.2, 0.25) is 0 Å². The fourth-order valence-corrected chi connectivity index (χ4v) is 2.77. The number of hydrogen-bond donors (Lipinski definition) is 3. The number of amides is 2. The van der Waals surface area contributed by atoms with E-state index >= 15 is 0 Å². The summed E-state index contributed by atoms with van der Waals surface area (Å²) in [6.45, 7) is 0.615. The zero-order valence-electron chi connectivity index (χ0n) is 10.4. The number of carboxylic acid groups (broad SMARTS) is 1. The molecule has 2 amide bonds. The Hall–Kier alpha value is -1.82. The quantitative estimate of drug-likeness (QED) is 0.742. The van der Waals surface area contributed by atoms with Crippen molar-refractivity contribution in [2.45, 2.75) is 19.3 Å². The van der Waals surface area contributed by atoms with Crippen LogP contribution < -0.4 is 10.6 Å². The van der Waals surface area contributed by atoms with Gasteiger partial charge in [-0.15, -0.1) is 11.3 Å². The second kappa shape index (κ2) is 6.38. The molecule has 5 nitrogen and oxygen atoms in total. The highest BCUT2D eigenvalue weighted by Gasteiger charge is 2.15. The summed E-state index contributed by atoms with van der Waals surface area (Å²) in [6.07, 6.45) is 7.41. The molecule has 6 heteroatoms. The lowest BCUT2D eigenvalue weighted by molar-refractivity contribution is 0.0698. The molecular formula is C13H16N2O3S. The summed E-state index contributed by atoms with van der Waals surface area (Å²) in [4.78, 5) is 22.6. The Morgan fingerprint density at radius 2 is 2.26 bits per heavy atom. The van der Waals surface area contributed by atoms with Crippen LogP contribution in [0.4, 0.5) is 9.80 Å². The van der Waals surface area contributed by atoms with Crippen molar-refractivity contribution in [2.24, 2.45) is 5.92 Å². The number of carboxylic acids is 1. The van der Waals surface area contributed by atoms with Gasteiger partial charge in [0.05, 0.1) is 5.56 Å². The molecule has 3 N–H and O–H groups in total. The highest BCUT2D eigenvalue weighted by Crippen LogP contribution is 2.23. The first-order chi connectivity index (χ1) is 9.16. The van der Waals surface area contributed by atoms with Crippen molar-refractivity contribution in [2.75, 3.05) is 11.9 Å². The van der Waals surface area contributed by atoms with Crippen LogP contribution in [0.25, 0.3) is 0 Å². The third kappa shape index (κ3) is 3.82. The first-order valence-electron chi connectivity index (χ1n) is 6.17. The van der Waals surface area contributed by atoms with Crippen molar-refractivity contribution < 1.29 is 14.7 Å². The number of nitrogens with one attached hydrogen (secondary N) is 2. The maximum atomic E-state index is 11.7. The second-order valence-corrected chi connectivity index (χ2v) is 5.37. The minimum atomic E-state index is -1.03. The van der Waals surface area contributed by atoms with E-state index in [1.807, 2.05) is 0 Å². The number of hydrogen-bond acceptors (Lipinski definition) is 3. The Bertz CT molecular complexity index is 496. The molecule has 1 atom stereocenters. The van der Waals surface area contributed by atoms with E-state index in [9.17, 15) is 9.59 Å². The number of rotatable bonds is 4. The lowest BCUT2D eigenvalue weighted by Gasteiger charge is -2.18. The van der Waals surface area contributed by atoms with Crippen LogP contribution in [-0.4, -0.2) is 23.7 Å². The Morgan fingerprint density at radius 3 is 2.95 bits per heavy atom. The third-order valence-corrected chi connectivity index (χ3v) is 3.88. The molecule has 0 aliphatic heterocycles. The van der Waals surface area contributed by atoms with E-state index in [0.717, 1.165) is 19.3 Å². The van der Waals surface area contributed by atoms with E-state index in [-0.39, 0.29) is 11.6 Å². The van der Waals surface area contributed by atoms with Crippen LogP contribution in [-0.2, 0) is 0 Å². The Balaban J connectivity index is 1.82. The zero-order chi connectivity index (χ0) is 13.7. The summed E-state index contributed by atoms with van der Waals surface area (Å²) < 4.78 is 0. The molecular weight excluding hydrogens is 264 g/mol. The van der Waals surface area contributed by atoms with Gasteiger partial charge in [-0.3, -0.25) is 5.32 Å². The Morgan fingerprint density at radius 1 is 1.42 bits per heavy atom. The third-order valence-electron chi connectivity index (χ3n) is 3.05. The zero-order valence-corrected chi connectivity index (χ0v) is 11.2. The molecule has 0 aromatic carbocycles. The summed E-state index contributed by atoms with van der Waals surface area (Å²) in [5, 5.41) is 16.3. The van der Waals surface area contributed by atoms with Gasteiger partial charge in [0.25, 0.3) is 0 Å². The van der Waals surface area contributed by atoms with E-state index in [4.69, 9.17) is 5.11 Å². The molecule has 1 aromatic rings. The fraction of sp³-hybridized carbons (Fsp3) is 0.385. The van der Waals surface area contributed by atoms with Gasteiger partial charge in [-0.1, -0.05) is 12.2 Å². The molecule has 0 spiro atoms.